The first-order valence-corrected chi connectivity index (χ1v) is 6.12. The van der Waals surface area contributed by atoms with Gasteiger partial charge in [-0.25, -0.2) is 0 Å². The normalized spacial score (nSPS) is 11.8. The SMILES string of the molecule is C#CCCCNC(CC)c1ccc(OC)cc1. The molecule has 2 heteroatoms. The van der Waals surface area contributed by atoms with Gasteiger partial charge in [0.15, 0.2) is 0 Å². The van der Waals surface area contributed by atoms with Gasteiger partial charge in [0.1, 0.15) is 5.75 Å². The third-order valence-electron chi connectivity index (χ3n) is 2.82. The maximum absolute atomic E-state index is 5.23. The highest BCUT2D eigenvalue weighted by atomic mass is 16.5. The molecule has 0 aliphatic rings. The molecule has 0 radical (unpaired) electrons. The zero-order valence-corrected chi connectivity index (χ0v) is 10.7. The highest BCUT2D eigenvalue weighted by molar-refractivity contribution is 5.29. The van der Waals surface area contributed by atoms with E-state index in [4.69, 9.17) is 11.2 Å². The Hall–Kier alpha value is -1.46. The lowest BCUT2D eigenvalue weighted by Crippen LogP contribution is -2.21. The lowest BCUT2D eigenvalue weighted by atomic mass is 10.0. The van der Waals surface area contributed by atoms with Crippen LogP contribution < -0.4 is 10.1 Å². The Labute approximate surface area is 104 Å². The molecule has 0 aromatic heterocycles. The van der Waals surface area contributed by atoms with Crippen molar-refractivity contribution in [2.24, 2.45) is 0 Å². The van der Waals surface area contributed by atoms with Crippen molar-refractivity contribution in [1.82, 2.24) is 5.32 Å². The van der Waals surface area contributed by atoms with Crippen molar-refractivity contribution in [2.75, 3.05) is 13.7 Å². The monoisotopic (exact) mass is 231 g/mol. The number of benzene rings is 1. The molecule has 0 aliphatic carbocycles. The van der Waals surface area contributed by atoms with E-state index in [9.17, 15) is 0 Å². The Morgan fingerprint density at radius 2 is 2.06 bits per heavy atom. The van der Waals surface area contributed by atoms with Crippen molar-refractivity contribution in [3.05, 3.63) is 29.8 Å². The van der Waals surface area contributed by atoms with Gasteiger partial charge < -0.3 is 10.1 Å². The van der Waals surface area contributed by atoms with E-state index in [0.717, 1.165) is 31.6 Å². The molecule has 0 bridgehead atoms. The van der Waals surface area contributed by atoms with E-state index in [1.165, 1.54) is 5.56 Å². The second kappa shape index (κ2) is 7.76. The van der Waals surface area contributed by atoms with Gasteiger partial charge in [-0.3, -0.25) is 0 Å². The molecule has 1 N–H and O–H groups in total. The molecule has 1 unspecified atom stereocenters. The number of unbranched alkanes of at least 4 members (excludes halogenated alkanes) is 1. The average Bonchev–Trinajstić information content (AvgIpc) is 2.39. The minimum Gasteiger partial charge on any atom is -0.497 e. The largest absolute Gasteiger partial charge is 0.497 e. The van der Waals surface area contributed by atoms with Crippen molar-refractivity contribution < 1.29 is 4.74 Å². The number of nitrogens with one attached hydrogen (secondary N) is 1. The van der Waals surface area contributed by atoms with Gasteiger partial charge in [0.2, 0.25) is 0 Å². The minimum absolute atomic E-state index is 0.402. The number of terminal acetylenes is 1. The molecule has 2 nitrogen and oxygen atoms in total. The van der Waals surface area contributed by atoms with Crippen LogP contribution in [0.5, 0.6) is 5.75 Å². The molecule has 1 atom stereocenters. The molecule has 0 saturated carbocycles. The van der Waals surface area contributed by atoms with E-state index in [-0.39, 0.29) is 0 Å². The second-order valence-electron chi connectivity index (χ2n) is 4.00. The van der Waals surface area contributed by atoms with Crippen molar-refractivity contribution in [3.8, 4) is 18.1 Å². The van der Waals surface area contributed by atoms with E-state index in [2.05, 4.69) is 30.3 Å². The van der Waals surface area contributed by atoms with Crippen LogP contribution in [0.4, 0.5) is 0 Å². The summed E-state index contributed by atoms with van der Waals surface area (Å²) < 4.78 is 5.15. The second-order valence-corrected chi connectivity index (χ2v) is 4.00. The van der Waals surface area contributed by atoms with Crippen LogP contribution >= 0.6 is 0 Å². The Morgan fingerprint density at radius 1 is 1.35 bits per heavy atom. The molecule has 0 fully saturated rings. The smallest absolute Gasteiger partial charge is 0.118 e. The highest BCUT2D eigenvalue weighted by Gasteiger charge is 2.07. The summed E-state index contributed by atoms with van der Waals surface area (Å²) in [6.45, 7) is 3.15. The maximum atomic E-state index is 5.23. The molecule has 0 heterocycles. The van der Waals surface area contributed by atoms with Gasteiger partial charge in [0.05, 0.1) is 7.11 Å². The quantitative estimate of drug-likeness (QED) is 0.575. The lowest BCUT2D eigenvalue weighted by Gasteiger charge is -2.17. The Kier molecular flexibility index (Phi) is 6.21. The van der Waals surface area contributed by atoms with Gasteiger partial charge in [-0.1, -0.05) is 19.1 Å². The van der Waals surface area contributed by atoms with E-state index < -0.39 is 0 Å². The summed E-state index contributed by atoms with van der Waals surface area (Å²) in [6.07, 6.45) is 8.17. The van der Waals surface area contributed by atoms with Crippen LogP contribution in [0.15, 0.2) is 24.3 Å². The predicted octanol–water partition coefficient (Wildman–Crippen LogP) is 3.15. The fourth-order valence-electron chi connectivity index (χ4n) is 1.80. The van der Waals surface area contributed by atoms with Gasteiger partial charge in [0, 0.05) is 12.5 Å². The summed E-state index contributed by atoms with van der Waals surface area (Å²) >= 11 is 0. The molecule has 0 spiro atoms. The summed E-state index contributed by atoms with van der Waals surface area (Å²) in [6, 6.07) is 8.63. The van der Waals surface area contributed by atoms with Crippen LogP contribution in [0.3, 0.4) is 0 Å². The Bertz CT molecular complexity index is 350. The Balaban J connectivity index is 2.51. The van der Waals surface area contributed by atoms with Crippen molar-refractivity contribution in [3.63, 3.8) is 0 Å². The van der Waals surface area contributed by atoms with E-state index in [0.29, 0.717) is 6.04 Å². The van der Waals surface area contributed by atoms with Crippen LogP contribution in [0, 0.1) is 12.3 Å². The van der Waals surface area contributed by atoms with Gasteiger partial charge >= 0.3 is 0 Å². The topological polar surface area (TPSA) is 21.3 Å². The van der Waals surface area contributed by atoms with Crippen LogP contribution in [0.2, 0.25) is 0 Å². The molecule has 0 saturated heterocycles. The molecule has 0 aliphatic heterocycles. The minimum atomic E-state index is 0.402. The molecule has 1 rings (SSSR count). The third-order valence-corrected chi connectivity index (χ3v) is 2.82. The van der Waals surface area contributed by atoms with Crippen LogP contribution in [-0.2, 0) is 0 Å². The van der Waals surface area contributed by atoms with Crippen molar-refractivity contribution in [1.29, 1.82) is 0 Å². The summed E-state index contributed by atoms with van der Waals surface area (Å²) in [5.41, 5.74) is 1.30. The number of ether oxygens (including phenoxy) is 1. The van der Waals surface area contributed by atoms with Crippen LogP contribution in [0.1, 0.15) is 37.8 Å². The number of hydrogen-bond acceptors (Lipinski definition) is 2. The van der Waals surface area contributed by atoms with Gasteiger partial charge in [-0.15, -0.1) is 12.3 Å². The highest BCUT2D eigenvalue weighted by Crippen LogP contribution is 2.19. The van der Waals surface area contributed by atoms with E-state index >= 15 is 0 Å². The molecule has 92 valence electrons. The molecule has 17 heavy (non-hydrogen) atoms. The zero-order valence-electron chi connectivity index (χ0n) is 10.7. The van der Waals surface area contributed by atoms with Gasteiger partial charge in [-0.05, 0) is 37.1 Å². The van der Waals surface area contributed by atoms with Gasteiger partial charge in [0.25, 0.3) is 0 Å². The summed E-state index contributed by atoms with van der Waals surface area (Å²) in [5, 5.41) is 3.52. The van der Waals surface area contributed by atoms with E-state index in [1.54, 1.807) is 7.11 Å². The molecule has 1 aromatic rings. The molecular formula is C15H21NO. The number of rotatable bonds is 7. The first kappa shape index (κ1) is 13.6. The average molecular weight is 231 g/mol. The lowest BCUT2D eigenvalue weighted by molar-refractivity contribution is 0.414. The summed E-state index contributed by atoms with van der Waals surface area (Å²) in [7, 11) is 1.68. The molecule has 0 amide bonds. The van der Waals surface area contributed by atoms with Crippen molar-refractivity contribution in [2.45, 2.75) is 32.2 Å². The number of methoxy groups -OCH3 is 1. The van der Waals surface area contributed by atoms with Crippen molar-refractivity contribution >= 4 is 0 Å². The number of hydrogen-bond donors (Lipinski definition) is 1. The van der Waals surface area contributed by atoms with Gasteiger partial charge in [-0.2, -0.15) is 0 Å². The standard InChI is InChI=1S/C15H21NO/c1-4-6-7-12-16-15(5-2)13-8-10-14(17-3)11-9-13/h1,8-11,15-16H,5-7,12H2,2-3H3. The van der Waals surface area contributed by atoms with Crippen LogP contribution in [0.25, 0.3) is 0 Å². The van der Waals surface area contributed by atoms with E-state index in [1.807, 2.05) is 12.1 Å². The fourth-order valence-corrected chi connectivity index (χ4v) is 1.80. The molecular weight excluding hydrogens is 210 g/mol. The Morgan fingerprint density at radius 3 is 2.59 bits per heavy atom. The van der Waals surface area contributed by atoms with Crippen LogP contribution in [-0.4, -0.2) is 13.7 Å². The first-order chi connectivity index (χ1) is 8.31. The predicted molar refractivity (Wildman–Crippen MR) is 72.1 cm³/mol. The maximum Gasteiger partial charge on any atom is 0.118 e. The third kappa shape index (κ3) is 4.50. The summed E-state index contributed by atoms with van der Waals surface area (Å²) in [4.78, 5) is 0. The first-order valence-electron chi connectivity index (χ1n) is 6.12. The molecule has 1 aromatic carbocycles. The zero-order chi connectivity index (χ0) is 12.5. The summed E-state index contributed by atoms with van der Waals surface area (Å²) in [5.74, 6) is 3.56. The fraction of sp³-hybridized carbons (Fsp3) is 0.467.